The van der Waals surface area contributed by atoms with Gasteiger partial charge >= 0.3 is 6.09 Å². The molecule has 0 N–H and O–H groups in total. The molecule has 3 aliphatic heterocycles. The third-order valence-corrected chi connectivity index (χ3v) is 10.6. The van der Waals surface area contributed by atoms with Gasteiger partial charge in [-0.25, -0.2) is 4.79 Å². The topological polar surface area (TPSA) is 68.8 Å². The Morgan fingerprint density at radius 1 is 0.957 bits per heavy atom. The van der Waals surface area contributed by atoms with Crippen molar-refractivity contribution in [2.75, 3.05) is 89.1 Å². The molecule has 0 spiro atoms. The van der Waals surface area contributed by atoms with Crippen molar-refractivity contribution >= 4 is 47.0 Å². The molecule has 0 aliphatic carbocycles. The molecular weight excluding hydrogens is 637 g/mol. The third kappa shape index (κ3) is 10.1. The molecule has 2 aromatic carbocycles. The zero-order valence-electron chi connectivity index (χ0n) is 27.9. The highest BCUT2D eigenvalue weighted by atomic mass is 35.5. The average Bonchev–Trinajstić information content (AvgIpc) is 3.11. The number of piperidine rings is 2. The Morgan fingerprint density at radius 3 is 2.47 bits per heavy atom. The van der Waals surface area contributed by atoms with Gasteiger partial charge in [-0.1, -0.05) is 41.8 Å². The number of piperazine rings is 1. The minimum Gasteiger partial charge on any atom is -0.494 e. The quantitative estimate of drug-likeness (QED) is 0.125. The molecule has 3 fully saturated rings. The summed E-state index contributed by atoms with van der Waals surface area (Å²) in [5.74, 6) is 0.778. The number of aldehydes is 1. The molecule has 5 rings (SSSR count). The fourth-order valence-corrected chi connectivity index (χ4v) is 7.42. The number of nitrogens with zero attached hydrogens (tertiary/aromatic N) is 5. The van der Waals surface area contributed by atoms with Gasteiger partial charge in [0.25, 0.3) is 0 Å². The Hall–Kier alpha value is -2.72. The second-order valence-electron chi connectivity index (χ2n) is 13.0. The maximum Gasteiger partial charge on any atom is 0.411 e. The molecule has 2 aromatic rings. The lowest BCUT2D eigenvalue weighted by molar-refractivity contribution is -0.107. The molecule has 3 saturated heterocycles. The predicted octanol–water partition coefficient (Wildman–Crippen LogP) is 6.59. The van der Waals surface area contributed by atoms with Crippen molar-refractivity contribution in [2.45, 2.75) is 63.8 Å². The largest absolute Gasteiger partial charge is 0.494 e. The standard InChI is InChI=1S/C36H51Cl2N5O4/c1-39(28-47-36(45)43-19-14-30(15-20-43)41-17-3-2-4-18-41)34-27-31(13-12-29(34)9-8-25-44)46-26-6-5-16-40-21-23-42(24-22-40)33-11-7-10-32(37)35(33)38/h7,10-13,25,27,30H,2-6,8-9,14-24,26,28H2,1H3. The van der Waals surface area contributed by atoms with E-state index in [2.05, 4.69) is 14.7 Å². The van der Waals surface area contributed by atoms with Crippen LogP contribution in [-0.2, 0) is 16.0 Å². The number of aryl methyl sites for hydroxylation is 1. The molecular formula is C36H51Cl2N5O4. The summed E-state index contributed by atoms with van der Waals surface area (Å²) in [4.78, 5) is 35.3. The molecule has 258 valence electrons. The zero-order valence-corrected chi connectivity index (χ0v) is 29.4. The first-order valence-corrected chi connectivity index (χ1v) is 18.2. The van der Waals surface area contributed by atoms with Gasteiger partial charge in [0.1, 0.15) is 12.0 Å². The molecule has 0 atom stereocenters. The van der Waals surface area contributed by atoms with Gasteiger partial charge in [-0.3, -0.25) is 4.90 Å². The SMILES string of the molecule is CN(COC(=O)N1CCC(N2CCCCC2)CC1)c1cc(OCCCCN2CCN(c3cccc(Cl)c3Cl)CC2)ccc1CCC=O. The van der Waals surface area contributed by atoms with E-state index in [1.807, 2.05) is 53.2 Å². The van der Waals surface area contributed by atoms with Crippen molar-refractivity contribution in [3.8, 4) is 5.75 Å². The zero-order chi connectivity index (χ0) is 33.0. The Balaban J connectivity index is 1.03. The number of amides is 1. The molecule has 1 amide bonds. The van der Waals surface area contributed by atoms with Crippen molar-refractivity contribution in [2.24, 2.45) is 0 Å². The van der Waals surface area contributed by atoms with Crippen LogP contribution in [0.1, 0.15) is 56.9 Å². The van der Waals surface area contributed by atoms with Gasteiger partial charge in [0.05, 0.1) is 22.3 Å². The fourth-order valence-electron chi connectivity index (χ4n) is 7.00. The van der Waals surface area contributed by atoms with E-state index < -0.39 is 0 Å². The Bertz CT molecular complexity index is 1290. The lowest BCUT2D eigenvalue weighted by Gasteiger charge is -2.39. The van der Waals surface area contributed by atoms with E-state index >= 15 is 0 Å². The summed E-state index contributed by atoms with van der Waals surface area (Å²) in [6.07, 6.45) is 9.67. The highest BCUT2D eigenvalue weighted by Crippen LogP contribution is 2.33. The highest BCUT2D eigenvalue weighted by molar-refractivity contribution is 6.43. The number of carbonyl (C=O) groups is 2. The van der Waals surface area contributed by atoms with Crippen LogP contribution in [0.4, 0.5) is 16.2 Å². The number of benzene rings is 2. The summed E-state index contributed by atoms with van der Waals surface area (Å²) in [5.41, 5.74) is 2.96. The first-order valence-electron chi connectivity index (χ1n) is 17.4. The second-order valence-corrected chi connectivity index (χ2v) is 13.8. The third-order valence-electron chi connectivity index (χ3n) is 9.79. The van der Waals surface area contributed by atoms with E-state index in [-0.39, 0.29) is 12.8 Å². The van der Waals surface area contributed by atoms with Crippen molar-refractivity contribution in [1.82, 2.24) is 14.7 Å². The van der Waals surface area contributed by atoms with Gasteiger partial charge in [0.2, 0.25) is 0 Å². The van der Waals surface area contributed by atoms with E-state index in [9.17, 15) is 9.59 Å². The second kappa shape index (κ2) is 18.2. The van der Waals surface area contributed by atoms with Gasteiger partial charge in [-0.2, -0.15) is 0 Å². The van der Waals surface area contributed by atoms with Crippen molar-refractivity contribution < 1.29 is 19.1 Å². The number of ether oxygens (including phenoxy) is 2. The van der Waals surface area contributed by atoms with Crippen molar-refractivity contribution in [1.29, 1.82) is 0 Å². The molecule has 0 radical (unpaired) electrons. The van der Waals surface area contributed by atoms with Crippen LogP contribution in [0.5, 0.6) is 5.75 Å². The van der Waals surface area contributed by atoms with Crippen LogP contribution in [0.2, 0.25) is 10.0 Å². The maximum atomic E-state index is 12.9. The first kappa shape index (κ1) is 35.6. The minimum absolute atomic E-state index is 0.138. The van der Waals surface area contributed by atoms with E-state index in [1.165, 1.54) is 32.4 Å². The van der Waals surface area contributed by atoms with E-state index in [0.717, 1.165) is 100 Å². The average molecular weight is 689 g/mol. The minimum atomic E-state index is -0.259. The molecule has 3 aliphatic rings. The smallest absolute Gasteiger partial charge is 0.411 e. The van der Waals surface area contributed by atoms with Crippen LogP contribution in [0.3, 0.4) is 0 Å². The maximum absolute atomic E-state index is 12.9. The van der Waals surface area contributed by atoms with Gasteiger partial charge < -0.3 is 33.9 Å². The lowest BCUT2D eigenvalue weighted by atomic mass is 10.0. The van der Waals surface area contributed by atoms with Crippen LogP contribution in [0.25, 0.3) is 0 Å². The number of unbranched alkanes of at least 4 members (excludes halogenated alkanes) is 1. The molecule has 0 bridgehead atoms. The summed E-state index contributed by atoms with van der Waals surface area (Å²) >= 11 is 12.6. The van der Waals surface area contributed by atoms with Gasteiger partial charge in [-0.15, -0.1) is 0 Å². The van der Waals surface area contributed by atoms with Crippen molar-refractivity contribution in [3.05, 3.63) is 52.0 Å². The Morgan fingerprint density at radius 2 is 1.72 bits per heavy atom. The van der Waals surface area contributed by atoms with Crippen LogP contribution in [0.15, 0.2) is 36.4 Å². The summed E-state index contributed by atoms with van der Waals surface area (Å²) in [6, 6.07) is 12.4. The van der Waals surface area contributed by atoms with Gasteiger partial charge in [-0.05, 0) is 88.3 Å². The van der Waals surface area contributed by atoms with E-state index in [4.69, 9.17) is 32.7 Å². The Labute approximate surface area is 290 Å². The number of rotatable bonds is 14. The summed E-state index contributed by atoms with van der Waals surface area (Å²) in [5, 5.41) is 1.23. The number of anilines is 2. The molecule has 0 aromatic heterocycles. The summed E-state index contributed by atoms with van der Waals surface area (Å²) < 4.78 is 11.9. The molecule has 0 unspecified atom stereocenters. The number of hydrogen-bond donors (Lipinski definition) is 0. The van der Waals surface area contributed by atoms with Crippen LogP contribution in [0, 0.1) is 0 Å². The van der Waals surface area contributed by atoms with E-state index in [1.54, 1.807) is 0 Å². The number of likely N-dealkylation sites (tertiary alicyclic amines) is 2. The predicted molar refractivity (Wildman–Crippen MR) is 190 cm³/mol. The van der Waals surface area contributed by atoms with Crippen molar-refractivity contribution in [3.63, 3.8) is 0 Å². The summed E-state index contributed by atoms with van der Waals surface area (Å²) in [7, 11) is 1.92. The fraction of sp³-hybridized carbons (Fsp3) is 0.611. The number of hydrogen-bond acceptors (Lipinski definition) is 8. The summed E-state index contributed by atoms with van der Waals surface area (Å²) in [6.45, 7) is 9.48. The molecule has 11 heteroatoms. The van der Waals surface area contributed by atoms with Gasteiger partial charge in [0, 0.05) is 70.5 Å². The van der Waals surface area contributed by atoms with Crippen LogP contribution in [-0.4, -0.2) is 112 Å². The normalized spacial score (nSPS) is 18.3. The monoisotopic (exact) mass is 687 g/mol. The first-order chi connectivity index (χ1) is 22.9. The molecule has 9 nitrogen and oxygen atoms in total. The Kier molecular flexibility index (Phi) is 13.7. The molecule has 47 heavy (non-hydrogen) atoms. The number of carbonyl (C=O) groups excluding carboxylic acids is 2. The lowest BCUT2D eigenvalue weighted by Crippen LogP contribution is -2.48. The molecule has 3 heterocycles. The van der Waals surface area contributed by atoms with Crippen LogP contribution < -0.4 is 14.5 Å². The number of halogens is 2. The molecule has 0 saturated carbocycles. The van der Waals surface area contributed by atoms with Gasteiger partial charge in [0.15, 0.2) is 6.73 Å². The van der Waals surface area contributed by atoms with E-state index in [0.29, 0.717) is 35.5 Å². The van der Waals surface area contributed by atoms with Crippen LogP contribution >= 0.6 is 23.2 Å². The highest BCUT2D eigenvalue weighted by Gasteiger charge is 2.28.